The molecule has 3 nitrogen and oxygen atoms in total. The van der Waals surface area contributed by atoms with Crippen LogP contribution in [0.25, 0.3) is 0 Å². The molecule has 0 aliphatic heterocycles. The predicted molar refractivity (Wildman–Crippen MR) is 85.1 cm³/mol. The first-order valence-electron chi connectivity index (χ1n) is 7.72. The van der Waals surface area contributed by atoms with Crippen molar-refractivity contribution in [2.45, 2.75) is 44.2 Å². The number of thiazole rings is 1. The molecule has 0 spiro atoms. The van der Waals surface area contributed by atoms with Crippen LogP contribution in [0.3, 0.4) is 0 Å². The number of rotatable bonds is 5. The van der Waals surface area contributed by atoms with E-state index in [0.29, 0.717) is 6.04 Å². The maximum absolute atomic E-state index is 5.38. The lowest BCUT2D eigenvalue weighted by Crippen LogP contribution is -2.24. The highest BCUT2D eigenvalue weighted by Gasteiger charge is 2.29. The van der Waals surface area contributed by atoms with Crippen LogP contribution in [0.4, 0.5) is 0 Å². The van der Waals surface area contributed by atoms with E-state index >= 15 is 0 Å². The third-order valence-corrected chi connectivity index (χ3v) is 5.49. The molecule has 2 aliphatic rings. The third kappa shape index (κ3) is 2.70. The first-order valence-corrected chi connectivity index (χ1v) is 8.53. The fraction of sp³-hybridized carbons (Fsp3) is 0.471. The number of benzene rings is 1. The minimum absolute atomic E-state index is 0.211. The molecule has 1 aromatic heterocycles. The Bertz CT molecular complexity index is 626. The van der Waals surface area contributed by atoms with E-state index in [0.717, 1.165) is 12.2 Å². The number of nitrogens with one attached hydrogen (secondary N) is 1. The summed E-state index contributed by atoms with van der Waals surface area (Å²) in [6.07, 6.45) is 6.20. The van der Waals surface area contributed by atoms with E-state index < -0.39 is 0 Å². The molecule has 0 saturated heterocycles. The first kappa shape index (κ1) is 13.3. The molecule has 110 valence electrons. The van der Waals surface area contributed by atoms with Gasteiger partial charge in [0, 0.05) is 10.9 Å². The monoisotopic (exact) mass is 300 g/mol. The van der Waals surface area contributed by atoms with Crippen LogP contribution in [0.2, 0.25) is 0 Å². The molecule has 4 rings (SSSR count). The van der Waals surface area contributed by atoms with Gasteiger partial charge in [-0.25, -0.2) is 4.98 Å². The summed E-state index contributed by atoms with van der Waals surface area (Å²) >= 11 is 1.89. The van der Waals surface area contributed by atoms with Crippen LogP contribution in [0, 0.1) is 0 Å². The molecule has 1 atom stereocenters. The highest BCUT2D eigenvalue weighted by Crippen LogP contribution is 2.36. The summed E-state index contributed by atoms with van der Waals surface area (Å²) in [6.45, 7) is 0. The molecule has 1 fully saturated rings. The van der Waals surface area contributed by atoms with E-state index in [1.54, 1.807) is 7.11 Å². The Labute approximate surface area is 129 Å². The molecule has 1 heterocycles. The van der Waals surface area contributed by atoms with E-state index in [2.05, 4.69) is 23.5 Å². The van der Waals surface area contributed by atoms with E-state index in [4.69, 9.17) is 9.72 Å². The van der Waals surface area contributed by atoms with Crippen molar-refractivity contribution in [3.8, 4) is 5.75 Å². The normalized spacial score (nSPS) is 18.5. The molecule has 0 radical (unpaired) electrons. The van der Waals surface area contributed by atoms with Crippen molar-refractivity contribution in [2.75, 3.05) is 7.11 Å². The largest absolute Gasteiger partial charge is 0.497 e. The number of aryl methyl sites for hydroxylation is 2. The van der Waals surface area contributed by atoms with Gasteiger partial charge in [-0.2, -0.15) is 0 Å². The van der Waals surface area contributed by atoms with Gasteiger partial charge in [-0.15, -0.1) is 11.3 Å². The topological polar surface area (TPSA) is 34.1 Å². The molecule has 2 aliphatic carbocycles. The molecule has 4 heteroatoms. The Balaban J connectivity index is 1.68. The highest BCUT2D eigenvalue weighted by molar-refractivity contribution is 7.11. The van der Waals surface area contributed by atoms with Crippen LogP contribution < -0.4 is 10.1 Å². The maximum atomic E-state index is 5.38. The zero-order valence-electron chi connectivity index (χ0n) is 12.3. The van der Waals surface area contributed by atoms with Crippen LogP contribution in [-0.4, -0.2) is 18.1 Å². The fourth-order valence-electron chi connectivity index (χ4n) is 2.95. The lowest BCUT2D eigenvalue weighted by Gasteiger charge is -2.17. The Morgan fingerprint density at radius 2 is 2.24 bits per heavy atom. The minimum atomic E-state index is 0.211. The molecular weight excluding hydrogens is 280 g/mol. The van der Waals surface area contributed by atoms with Crippen LogP contribution in [0.5, 0.6) is 5.75 Å². The van der Waals surface area contributed by atoms with E-state index in [1.807, 2.05) is 17.4 Å². The van der Waals surface area contributed by atoms with Gasteiger partial charge in [-0.3, -0.25) is 0 Å². The molecule has 1 unspecified atom stereocenters. The molecule has 0 amide bonds. The van der Waals surface area contributed by atoms with Crippen LogP contribution >= 0.6 is 11.3 Å². The fourth-order valence-corrected chi connectivity index (χ4v) is 4.19. The number of methoxy groups -OCH3 is 1. The van der Waals surface area contributed by atoms with Crippen molar-refractivity contribution >= 4 is 11.3 Å². The van der Waals surface area contributed by atoms with Crippen LogP contribution in [0.1, 0.15) is 46.4 Å². The number of ether oxygens (including phenoxy) is 1. The number of hydrogen-bond acceptors (Lipinski definition) is 4. The Morgan fingerprint density at radius 3 is 3.00 bits per heavy atom. The Hall–Kier alpha value is -1.39. The molecule has 0 bridgehead atoms. The predicted octanol–water partition coefficient (Wildman–Crippen LogP) is 3.48. The summed E-state index contributed by atoms with van der Waals surface area (Å²) in [5, 5.41) is 4.98. The second-order valence-electron chi connectivity index (χ2n) is 5.93. The van der Waals surface area contributed by atoms with Gasteiger partial charge in [0.25, 0.3) is 0 Å². The summed E-state index contributed by atoms with van der Waals surface area (Å²) < 4.78 is 5.38. The lowest BCUT2D eigenvalue weighted by atomic mass is 10.1. The smallest absolute Gasteiger partial charge is 0.119 e. The molecule has 2 aromatic rings. The number of fused-ring (bicyclic) bond motifs is 1. The quantitative estimate of drug-likeness (QED) is 0.918. The first-order chi connectivity index (χ1) is 10.3. The zero-order valence-corrected chi connectivity index (χ0v) is 13.1. The molecule has 1 aromatic carbocycles. The van der Waals surface area contributed by atoms with Gasteiger partial charge in [-0.05, 0) is 49.8 Å². The average molecular weight is 300 g/mol. The van der Waals surface area contributed by atoms with Gasteiger partial charge in [0.1, 0.15) is 10.8 Å². The van der Waals surface area contributed by atoms with Gasteiger partial charge < -0.3 is 10.1 Å². The van der Waals surface area contributed by atoms with Gasteiger partial charge in [0.2, 0.25) is 0 Å². The standard InChI is InChI=1S/C17H20N2OS/c1-20-13-5-2-4-11(10-13)16(18-12-8-9-12)17-19-14-6-3-7-15(14)21-17/h2,4-5,10,12,16,18H,3,6-9H2,1H3. The number of nitrogens with zero attached hydrogens (tertiary/aromatic N) is 1. The SMILES string of the molecule is COc1cccc(C(NC2CC2)c2nc3c(s2)CCC3)c1. The second kappa shape index (κ2) is 5.43. The summed E-state index contributed by atoms with van der Waals surface area (Å²) in [5.74, 6) is 0.916. The summed E-state index contributed by atoms with van der Waals surface area (Å²) in [4.78, 5) is 6.41. The average Bonchev–Trinajstić information content (AvgIpc) is 3.08. The summed E-state index contributed by atoms with van der Waals surface area (Å²) in [6, 6.07) is 9.24. The van der Waals surface area contributed by atoms with Gasteiger partial charge in [0.05, 0.1) is 18.8 Å². The molecular formula is C17H20N2OS. The molecule has 21 heavy (non-hydrogen) atoms. The van der Waals surface area contributed by atoms with Crippen LogP contribution in [0.15, 0.2) is 24.3 Å². The van der Waals surface area contributed by atoms with Gasteiger partial charge >= 0.3 is 0 Å². The van der Waals surface area contributed by atoms with Gasteiger partial charge in [-0.1, -0.05) is 12.1 Å². The summed E-state index contributed by atoms with van der Waals surface area (Å²) in [7, 11) is 1.72. The molecule has 1 N–H and O–H groups in total. The van der Waals surface area contributed by atoms with Crippen molar-refractivity contribution in [2.24, 2.45) is 0 Å². The number of hydrogen-bond donors (Lipinski definition) is 1. The van der Waals surface area contributed by atoms with Crippen LogP contribution in [-0.2, 0) is 12.8 Å². The Morgan fingerprint density at radius 1 is 1.33 bits per heavy atom. The van der Waals surface area contributed by atoms with Crippen molar-refractivity contribution in [3.05, 3.63) is 45.4 Å². The zero-order chi connectivity index (χ0) is 14.2. The van der Waals surface area contributed by atoms with Crippen molar-refractivity contribution in [3.63, 3.8) is 0 Å². The highest BCUT2D eigenvalue weighted by atomic mass is 32.1. The van der Waals surface area contributed by atoms with E-state index in [-0.39, 0.29) is 6.04 Å². The lowest BCUT2D eigenvalue weighted by molar-refractivity contribution is 0.413. The number of aromatic nitrogens is 1. The van der Waals surface area contributed by atoms with Gasteiger partial charge in [0.15, 0.2) is 0 Å². The second-order valence-corrected chi connectivity index (χ2v) is 7.04. The maximum Gasteiger partial charge on any atom is 0.119 e. The Kier molecular flexibility index (Phi) is 3.43. The third-order valence-electron chi connectivity index (χ3n) is 4.27. The molecule has 1 saturated carbocycles. The van der Waals surface area contributed by atoms with E-state index in [9.17, 15) is 0 Å². The minimum Gasteiger partial charge on any atom is -0.497 e. The van der Waals surface area contributed by atoms with Crippen molar-refractivity contribution in [1.29, 1.82) is 0 Å². The van der Waals surface area contributed by atoms with E-state index in [1.165, 1.54) is 46.8 Å². The van der Waals surface area contributed by atoms with Crippen molar-refractivity contribution in [1.82, 2.24) is 10.3 Å². The van der Waals surface area contributed by atoms with Crippen molar-refractivity contribution < 1.29 is 4.74 Å². The summed E-state index contributed by atoms with van der Waals surface area (Å²) in [5.41, 5.74) is 2.59.